The molecule has 0 bridgehead atoms. The minimum Gasteiger partial charge on any atom is -0.0776 e. The van der Waals surface area contributed by atoms with Gasteiger partial charge in [-0.15, -0.1) is 0 Å². The Morgan fingerprint density at radius 3 is 1.61 bits per heavy atom. The van der Waals surface area contributed by atoms with Crippen LogP contribution in [0, 0.1) is 25.2 Å². The monoisotopic (exact) mass is 386 g/mol. The summed E-state index contributed by atoms with van der Waals surface area (Å²) in [6.45, 7) is 17.2. The zero-order valence-corrected chi connectivity index (χ0v) is 16.8. The molecule has 0 aliphatic heterocycles. The molecule has 0 spiro atoms. The minimum atomic E-state index is 0. The molecule has 0 aromatic heterocycles. The first-order valence-corrected chi connectivity index (χ1v) is 9.12. The number of hydrogen-bond donors (Lipinski definition) is 0. The summed E-state index contributed by atoms with van der Waals surface area (Å²) in [6.07, 6.45) is 11.4. The average Bonchev–Trinajstić information content (AvgIpc) is 2.59. The Morgan fingerprint density at radius 1 is 0.750 bits per heavy atom. The Balaban J connectivity index is -0.000000181. The van der Waals surface area contributed by atoms with E-state index in [1.807, 2.05) is 13.8 Å². The van der Waals surface area contributed by atoms with Crippen LogP contribution in [-0.2, 0) is 0 Å². The largest absolute Gasteiger partial charge is 0.0776 e. The first-order chi connectivity index (χ1) is 11.3. The molecule has 0 nitrogen and oxygen atoms in total. The first-order valence-electron chi connectivity index (χ1n) is 9.12. The topological polar surface area (TPSA) is 0 Å². The highest BCUT2D eigenvalue weighted by Crippen LogP contribution is 2.46. The predicted octanol–water partition coefficient (Wildman–Crippen LogP) is 9.91. The summed E-state index contributed by atoms with van der Waals surface area (Å²) in [5.41, 5.74) is 7.17. The number of aryl methyl sites for hydroxylation is 2. The third-order valence-electron chi connectivity index (χ3n) is 5.02. The fourth-order valence-corrected chi connectivity index (χ4v) is 2.95. The Hall–Kier alpha value is -1.82. The molecular formula is C28H50. The quantitative estimate of drug-likeness (QED) is 0.416. The molecule has 0 heteroatoms. The van der Waals surface area contributed by atoms with E-state index in [9.17, 15) is 0 Å². The van der Waals surface area contributed by atoms with Crippen molar-refractivity contribution in [2.24, 2.45) is 11.3 Å². The number of rotatable bonds is 0. The third-order valence-corrected chi connectivity index (χ3v) is 5.02. The molecule has 162 valence electrons. The highest BCUT2D eigenvalue weighted by molar-refractivity contribution is 5.48. The Kier molecular flexibility index (Phi) is 18.2. The molecular weight excluding hydrogens is 336 g/mol. The smallest absolute Gasteiger partial charge is 0.0170 e. The molecule has 2 atom stereocenters. The lowest BCUT2D eigenvalue weighted by Gasteiger charge is -2.39. The van der Waals surface area contributed by atoms with E-state index in [0.29, 0.717) is 5.92 Å². The van der Waals surface area contributed by atoms with E-state index in [2.05, 4.69) is 96.2 Å². The van der Waals surface area contributed by atoms with E-state index in [4.69, 9.17) is 0 Å². The Morgan fingerprint density at radius 2 is 1.18 bits per heavy atom. The zero-order chi connectivity index (χ0) is 18.3. The number of allylic oxidation sites excluding steroid dienone is 8. The molecule has 1 aromatic rings. The van der Waals surface area contributed by atoms with Gasteiger partial charge in [-0.2, -0.15) is 0 Å². The summed E-state index contributed by atoms with van der Waals surface area (Å²) in [4.78, 5) is 0. The van der Waals surface area contributed by atoms with Crippen molar-refractivity contribution in [3.63, 3.8) is 0 Å². The summed E-state index contributed by atoms with van der Waals surface area (Å²) < 4.78 is 0. The molecule has 0 amide bonds. The zero-order valence-electron chi connectivity index (χ0n) is 16.8. The van der Waals surface area contributed by atoms with Gasteiger partial charge in [0.1, 0.15) is 0 Å². The van der Waals surface area contributed by atoms with E-state index < -0.39 is 0 Å². The summed E-state index contributed by atoms with van der Waals surface area (Å²) in [7, 11) is 0. The van der Waals surface area contributed by atoms with E-state index in [-0.39, 0.29) is 35.1 Å². The van der Waals surface area contributed by atoms with Gasteiger partial charge in [0.25, 0.3) is 0 Å². The molecule has 1 unspecified atom stereocenters. The summed E-state index contributed by atoms with van der Waals surface area (Å²) in [6, 6.07) is 8.48. The second kappa shape index (κ2) is 15.1. The van der Waals surface area contributed by atoms with Crippen LogP contribution in [-0.4, -0.2) is 0 Å². The molecule has 0 saturated carbocycles. The standard InChI is InChI=1S/C14H18.C8H10.C2H6.4CH4/c1-10-7-8-14(4)12(3)11(2)5-6-13(14)9-10;1-7-3-5-8(2)6-4-7;1-2;;;;/h5-9,12H,1-4H3;3-6H,1-2H3;1-2H3;4*1H4/t12-,14?;;;;;;/m1....../s1. The Labute approximate surface area is 179 Å². The van der Waals surface area contributed by atoms with Gasteiger partial charge in [-0.05, 0) is 39.2 Å². The summed E-state index contributed by atoms with van der Waals surface area (Å²) in [5, 5.41) is 0. The lowest BCUT2D eigenvalue weighted by atomic mass is 9.65. The Bertz CT molecular complexity index is 629. The highest BCUT2D eigenvalue weighted by Gasteiger charge is 2.35. The summed E-state index contributed by atoms with van der Waals surface area (Å²) in [5.74, 6) is 0.614. The highest BCUT2D eigenvalue weighted by atomic mass is 14.4. The molecule has 1 aromatic carbocycles. The lowest BCUT2D eigenvalue weighted by molar-refractivity contribution is 0.378. The van der Waals surface area contributed by atoms with Gasteiger partial charge in [0.2, 0.25) is 0 Å². The third kappa shape index (κ3) is 8.46. The van der Waals surface area contributed by atoms with Crippen molar-refractivity contribution >= 4 is 0 Å². The molecule has 2 aliphatic carbocycles. The normalized spacial score (nSPS) is 20.7. The SMILES string of the molecule is C.C.C.C.CC.CC1=CC2=CC=C(C)[C@@H](C)C2(C)C=C1.Cc1ccc(C)cc1. The van der Waals surface area contributed by atoms with Gasteiger partial charge >= 0.3 is 0 Å². The van der Waals surface area contributed by atoms with Gasteiger partial charge in [-0.3, -0.25) is 0 Å². The minimum absolute atomic E-state index is 0. The number of hydrogen-bond acceptors (Lipinski definition) is 0. The maximum atomic E-state index is 2.36. The van der Waals surface area contributed by atoms with Crippen LogP contribution < -0.4 is 0 Å². The molecule has 0 fully saturated rings. The van der Waals surface area contributed by atoms with Crippen molar-refractivity contribution < 1.29 is 0 Å². The fourth-order valence-electron chi connectivity index (χ4n) is 2.95. The fraction of sp³-hybridized carbons (Fsp3) is 0.500. The maximum absolute atomic E-state index is 2.36. The van der Waals surface area contributed by atoms with E-state index in [1.165, 1.54) is 27.8 Å². The van der Waals surface area contributed by atoms with Gasteiger partial charge in [0, 0.05) is 5.41 Å². The van der Waals surface area contributed by atoms with Gasteiger partial charge < -0.3 is 0 Å². The average molecular weight is 387 g/mol. The van der Waals surface area contributed by atoms with Gasteiger partial charge in [-0.1, -0.05) is 134 Å². The van der Waals surface area contributed by atoms with Crippen LogP contribution in [0.2, 0.25) is 0 Å². The predicted molar refractivity (Wildman–Crippen MR) is 136 cm³/mol. The molecule has 2 aliphatic rings. The summed E-state index contributed by atoms with van der Waals surface area (Å²) >= 11 is 0. The number of fused-ring (bicyclic) bond motifs is 1. The second-order valence-electron chi connectivity index (χ2n) is 6.91. The van der Waals surface area contributed by atoms with Gasteiger partial charge in [0.05, 0.1) is 0 Å². The van der Waals surface area contributed by atoms with Crippen LogP contribution in [0.5, 0.6) is 0 Å². The van der Waals surface area contributed by atoms with E-state index in [0.717, 1.165) is 0 Å². The molecule has 28 heavy (non-hydrogen) atoms. The number of benzene rings is 1. The molecule has 0 saturated heterocycles. The van der Waals surface area contributed by atoms with Gasteiger partial charge in [-0.25, -0.2) is 0 Å². The second-order valence-corrected chi connectivity index (χ2v) is 6.91. The van der Waals surface area contributed by atoms with Crippen molar-refractivity contribution in [1.82, 2.24) is 0 Å². The van der Waals surface area contributed by atoms with Crippen LogP contribution >= 0.6 is 0 Å². The van der Waals surface area contributed by atoms with E-state index in [1.54, 1.807) is 0 Å². The van der Waals surface area contributed by atoms with Crippen LogP contribution in [0.15, 0.2) is 71.4 Å². The van der Waals surface area contributed by atoms with Crippen LogP contribution in [0.3, 0.4) is 0 Å². The van der Waals surface area contributed by atoms with Crippen molar-refractivity contribution in [2.45, 2.75) is 85.1 Å². The first kappa shape index (κ1) is 33.7. The van der Waals surface area contributed by atoms with E-state index >= 15 is 0 Å². The van der Waals surface area contributed by atoms with Crippen LogP contribution in [0.1, 0.15) is 82.4 Å². The van der Waals surface area contributed by atoms with Crippen molar-refractivity contribution in [3.8, 4) is 0 Å². The molecule has 0 N–H and O–H groups in total. The van der Waals surface area contributed by atoms with Crippen molar-refractivity contribution in [2.75, 3.05) is 0 Å². The maximum Gasteiger partial charge on any atom is 0.0170 e. The molecule has 0 heterocycles. The van der Waals surface area contributed by atoms with Crippen molar-refractivity contribution in [1.29, 1.82) is 0 Å². The lowest BCUT2D eigenvalue weighted by Crippen LogP contribution is -2.29. The molecule has 3 rings (SSSR count). The van der Waals surface area contributed by atoms with Gasteiger partial charge in [0.15, 0.2) is 0 Å². The molecule has 0 radical (unpaired) electrons. The van der Waals surface area contributed by atoms with Crippen LogP contribution in [0.25, 0.3) is 0 Å². The van der Waals surface area contributed by atoms with Crippen LogP contribution in [0.4, 0.5) is 0 Å². The van der Waals surface area contributed by atoms with Crippen molar-refractivity contribution in [3.05, 3.63) is 82.5 Å².